The summed E-state index contributed by atoms with van der Waals surface area (Å²) in [4.78, 5) is 12.5. The van der Waals surface area contributed by atoms with Crippen molar-refractivity contribution in [1.82, 2.24) is 5.32 Å². The number of rotatable bonds is 3. The van der Waals surface area contributed by atoms with Crippen LogP contribution in [0.3, 0.4) is 0 Å². The van der Waals surface area contributed by atoms with E-state index in [1.165, 1.54) is 22.3 Å². The molecule has 0 spiro atoms. The maximum atomic E-state index is 12.5. The van der Waals surface area contributed by atoms with Gasteiger partial charge in [-0.25, -0.2) is 0 Å². The van der Waals surface area contributed by atoms with Gasteiger partial charge in [-0.3, -0.25) is 4.79 Å². The van der Waals surface area contributed by atoms with Gasteiger partial charge in [0.05, 0.1) is 0 Å². The van der Waals surface area contributed by atoms with Gasteiger partial charge < -0.3 is 5.32 Å². The first-order chi connectivity index (χ1) is 8.42. The first kappa shape index (κ1) is 13.3. The van der Waals surface area contributed by atoms with E-state index in [1.54, 1.807) is 0 Å². The molecule has 1 N–H and O–H groups in total. The van der Waals surface area contributed by atoms with Crippen LogP contribution in [-0.2, 0) is 11.2 Å². The van der Waals surface area contributed by atoms with E-state index in [9.17, 15) is 4.79 Å². The molecule has 1 atom stereocenters. The number of ketones is 1. The van der Waals surface area contributed by atoms with Gasteiger partial charge in [0, 0.05) is 18.4 Å². The molecule has 1 aromatic carbocycles. The molecular weight excluding hydrogens is 222 g/mol. The SMILES string of the molecule is Cc1cc(C)c(CC(=O)C2(C)CCNC2)c(C)c1. The molecule has 98 valence electrons. The van der Waals surface area contributed by atoms with E-state index in [4.69, 9.17) is 0 Å². The zero-order chi connectivity index (χ0) is 13.3. The Hall–Kier alpha value is -1.15. The summed E-state index contributed by atoms with van der Waals surface area (Å²) in [5.74, 6) is 0.377. The Bertz CT molecular complexity index is 447. The molecule has 0 bridgehead atoms. The lowest BCUT2D eigenvalue weighted by atomic mass is 9.81. The molecule has 0 aromatic heterocycles. The Morgan fingerprint density at radius 2 is 1.89 bits per heavy atom. The molecule has 0 aliphatic carbocycles. The van der Waals surface area contributed by atoms with Crippen molar-refractivity contribution >= 4 is 5.78 Å². The molecule has 1 aliphatic heterocycles. The summed E-state index contributed by atoms with van der Waals surface area (Å²) >= 11 is 0. The van der Waals surface area contributed by atoms with Crippen molar-refractivity contribution in [3.63, 3.8) is 0 Å². The molecule has 0 amide bonds. The summed E-state index contributed by atoms with van der Waals surface area (Å²) in [7, 11) is 0. The number of benzene rings is 1. The van der Waals surface area contributed by atoms with E-state index in [2.05, 4.69) is 45.1 Å². The van der Waals surface area contributed by atoms with Crippen molar-refractivity contribution in [2.75, 3.05) is 13.1 Å². The van der Waals surface area contributed by atoms with E-state index < -0.39 is 0 Å². The van der Waals surface area contributed by atoms with Crippen LogP contribution >= 0.6 is 0 Å². The number of Topliss-reactive ketones (excluding diaryl/α,β-unsaturated/α-hetero) is 1. The van der Waals surface area contributed by atoms with E-state index in [0.29, 0.717) is 12.2 Å². The molecule has 1 fully saturated rings. The smallest absolute Gasteiger partial charge is 0.144 e. The molecule has 2 nitrogen and oxygen atoms in total. The highest BCUT2D eigenvalue weighted by atomic mass is 16.1. The summed E-state index contributed by atoms with van der Waals surface area (Å²) in [6.45, 7) is 10.2. The normalized spacial score (nSPS) is 23.3. The molecule has 2 heteroatoms. The molecule has 0 saturated carbocycles. The molecule has 2 rings (SSSR count). The Morgan fingerprint density at radius 1 is 1.28 bits per heavy atom. The van der Waals surface area contributed by atoms with Crippen LogP contribution in [0.15, 0.2) is 12.1 Å². The van der Waals surface area contributed by atoms with Gasteiger partial charge in [-0.15, -0.1) is 0 Å². The Balaban J connectivity index is 2.22. The lowest BCUT2D eigenvalue weighted by Gasteiger charge is -2.22. The van der Waals surface area contributed by atoms with Crippen molar-refractivity contribution in [3.8, 4) is 0 Å². The van der Waals surface area contributed by atoms with Gasteiger partial charge in [0.25, 0.3) is 0 Å². The summed E-state index contributed by atoms with van der Waals surface area (Å²) in [6, 6.07) is 4.34. The maximum absolute atomic E-state index is 12.5. The number of hydrogen-bond acceptors (Lipinski definition) is 2. The number of hydrogen-bond donors (Lipinski definition) is 1. The topological polar surface area (TPSA) is 29.1 Å². The molecule has 1 aliphatic rings. The third kappa shape index (κ3) is 2.49. The second-order valence-electron chi connectivity index (χ2n) is 5.96. The van der Waals surface area contributed by atoms with Crippen LogP contribution in [-0.4, -0.2) is 18.9 Å². The fraction of sp³-hybridized carbons (Fsp3) is 0.562. The molecule has 1 unspecified atom stereocenters. The molecule has 1 aromatic rings. The highest BCUT2D eigenvalue weighted by Gasteiger charge is 2.35. The molecule has 18 heavy (non-hydrogen) atoms. The highest BCUT2D eigenvalue weighted by Crippen LogP contribution is 2.28. The van der Waals surface area contributed by atoms with Gasteiger partial charge in [-0.1, -0.05) is 24.6 Å². The average molecular weight is 245 g/mol. The summed E-state index contributed by atoms with van der Waals surface area (Å²) < 4.78 is 0. The van der Waals surface area contributed by atoms with E-state index >= 15 is 0 Å². The zero-order valence-corrected chi connectivity index (χ0v) is 11.9. The minimum atomic E-state index is -0.163. The standard InChI is InChI=1S/C16H23NO/c1-11-7-12(2)14(13(3)8-11)9-15(18)16(4)5-6-17-10-16/h7-8,17H,5-6,9-10H2,1-4H3. The number of carbonyl (C=O) groups excluding carboxylic acids is 1. The molecule has 1 heterocycles. The van der Waals surface area contributed by atoms with Crippen molar-refractivity contribution in [1.29, 1.82) is 0 Å². The highest BCUT2D eigenvalue weighted by molar-refractivity contribution is 5.87. The van der Waals surface area contributed by atoms with Crippen LogP contribution in [0, 0.1) is 26.2 Å². The largest absolute Gasteiger partial charge is 0.316 e. The van der Waals surface area contributed by atoms with Crippen molar-refractivity contribution in [3.05, 3.63) is 34.4 Å². The summed E-state index contributed by atoms with van der Waals surface area (Å²) in [6.07, 6.45) is 1.55. The Kier molecular flexibility index (Phi) is 3.58. The first-order valence-corrected chi connectivity index (χ1v) is 6.73. The van der Waals surface area contributed by atoms with Gasteiger partial charge in [0.1, 0.15) is 5.78 Å². The Labute approximate surface area is 110 Å². The van der Waals surface area contributed by atoms with Crippen LogP contribution in [0.4, 0.5) is 0 Å². The van der Waals surface area contributed by atoms with Crippen LogP contribution in [0.5, 0.6) is 0 Å². The van der Waals surface area contributed by atoms with Crippen molar-refractivity contribution in [2.45, 2.75) is 40.5 Å². The van der Waals surface area contributed by atoms with Crippen LogP contribution in [0.2, 0.25) is 0 Å². The second-order valence-corrected chi connectivity index (χ2v) is 5.96. The number of nitrogens with one attached hydrogen (secondary N) is 1. The van der Waals surface area contributed by atoms with Crippen molar-refractivity contribution < 1.29 is 4.79 Å². The third-order valence-electron chi connectivity index (χ3n) is 4.22. The predicted octanol–water partition coefficient (Wildman–Crippen LogP) is 2.72. The minimum Gasteiger partial charge on any atom is -0.316 e. The average Bonchev–Trinajstić information content (AvgIpc) is 2.71. The summed E-state index contributed by atoms with van der Waals surface area (Å²) in [5, 5.41) is 3.30. The minimum absolute atomic E-state index is 0.163. The zero-order valence-electron chi connectivity index (χ0n) is 11.9. The van der Waals surface area contributed by atoms with E-state index in [1.807, 2.05) is 0 Å². The summed E-state index contributed by atoms with van der Waals surface area (Å²) in [5.41, 5.74) is 4.82. The van der Waals surface area contributed by atoms with Crippen LogP contribution in [0.25, 0.3) is 0 Å². The fourth-order valence-electron chi connectivity index (χ4n) is 2.92. The van der Waals surface area contributed by atoms with E-state index in [-0.39, 0.29) is 5.41 Å². The predicted molar refractivity (Wildman–Crippen MR) is 75.0 cm³/mol. The number of carbonyl (C=O) groups is 1. The Morgan fingerprint density at radius 3 is 2.39 bits per heavy atom. The van der Waals surface area contributed by atoms with Gasteiger partial charge in [-0.2, -0.15) is 0 Å². The quantitative estimate of drug-likeness (QED) is 0.887. The number of aryl methyl sites for hydroxylation is 3. The fourth-order valence-corrected chi connectivity index (χ4v) is 2.92. The lowest BCUT2D eigenvalue weighted by molar-refractivity contribution is -0.126. The van der Waals surface area contributed by atoms with Gasteiger partial charge in [0.2, 0.25) is 0 Å². The third-order valence-corrected chi connectivity index (χ3v) is 4.22. The van der Waals surface area contributed by atoms with Gasteiger partial charge >= 0.3 is 0 Å². The molecule has 0 radical (unpaired) electrons. The van der Waals surface area contributed by atoms with Gasteiger partial charge in [0.15, 0.2) is 0 Å². The monoisotopic (exact) mass is 245 g/mol. The molecular formula is C16H23NO. The van der Waals surface area contributed by atoms with Crippen LogP contribution in [0.1, 0.15) is 35.6 Å². The lowest BCUT2D eigenvalue weighted by Crippen LogP contribution is -2.31. The maximum Gasteiger partial charge on any atom is 0.144 e. The first-order valence-electron chi connectivity index (χ1n) is 6.73. The second kappa shape index (κ2) is 4.85. The van der Waals surface area contributed by atoms with Crippen LogP contribution < -0.4 is 5.32 Å². The molecule has 1 saturated heterocycles. The van der Waals surface area contributed by atoms with E-state index in [0.717, 1.165) is 19.5 Å². The van der Waals surface area contributed by atoms with Crippen molar-refractivity contribution in [2.24, 2.45) is 5.41 Å². The van der Waals surface area contributed by atoms with Gasteiger partial charge in [-0.05, 0) is 50.4 Å².